The Hall–Kier alpha value is -0.940. The number of nitrogens with two attached hydrogens (primary N) is 1. The van der Waals surface area contributed by atoms with Crippen LogP contribution in [0.5, 0.6) is 0 Å². The lowest BCUT2D eigenvalue weighted by atomic mass is 9.88. The van der Waals surface area contributed by atoms with E-state index in [9.17, 15) is 4.79 Å². The van der Waals surface area contributed by atoms with E-state index in [1.807, 2.05) is 13.8 Å². The summed E-state index contributed by atoms with van der Waals surface area (Å²) in [7, 11) is 0. The van der Waals surface area contributed by atoms with Gasteiger partial charge >= 0.3 is 0 Å². The van der Waals surface area contributed by atoms with Crippen molar-refractivity contribution in [2.45, 2.75) is 53.0 Å². The molecule has 1 amide bonds. The van der Waals surface area contributed by atoms with Gasteiger partial charge in [-0.05, 0) is 32.6 Å². The van der Waals surface area contributed by atoms with Gasteiger partial charge in [-0.25, -0.2) is 4.98 Å². The Morgan fingerprint density at radius 3 is 2.63 bits per heavy atom. The van der Waals surface area contributed by atoms with Gasteiger partial charge in [0.25, 0.3) is 5.91 Å². The molecule has 1 heterocycles. The van der Waals surface area contributed by atoms with E-state index in [4.69, 9.17) is 5.73 Å². The molecule has 108 valence electrons. The van der Waals surface area contributed by atoms with Gasteiger partial charge in [-0.1, -0.05) is 20.8 Å². The monoisotopic (exact) mass is 283 g/mol. The number of carbonyl (C=O) groups is 1. The summed E-state index contributed by atoms with van der Waals surface area (Å²) in [6.45, 7) is 10.5. The lowest BCUT2D eigenvalue weighted by Gasteiger charge is -2.33. The van der Waals surface area contributed by atoms with E-state index in [0.29, 0.717) is 11.4 Å². The molecule has 0 spiro atoms. The molecule has 0 saturated heterocycles. The predicted octanol–water partition coefficient (Wildman–Crippen LogP) is 2.51. The van der Waals surface area contributed by atoms with Gasteiger partial charge in [-0.2, -0.15) is 0 Å². The lowest BCUT2D eigenvalue weighted by molar-refractivity contribution is 0.0886. The van der Waals surface area contributed by atoms with Gasteiger partial charge in [0.2, 0.25) is 0 Å². The van der Waals surface area contributed by atoms with Crippen LogP contribution in [-0.2, 0) is 6.42 Å². The van der Waals surface area contributed by atoms with Gasteiger partial charge in [0.1, 0.15) is 4.88 Å². The minimum atomic E-state index is -0.377. The number of nitrogens with zero attached hydrogens (tertiary/aromatic N) is 1. The van der Waals surface area contributed by atoms with Crippen molar-refractivity contribution in [3.8, 4) is 0 Å². The number of thiazole rings is 1. The summed E-state index contributed by atoms with van der Waals surface area (Å²) in [5, 5.41) is 4.09. The standard InChI is InChI=1S/C14H25N3OS/c1-6-7-11-16-10(4)12(19-11)13(18)17-14(5,8-15)9(2)3/h9H,6-8,15H2,1-5H3,(H,17,18). The topological polar surface area (TPSA) is 68.0 Å². The third-order valence-electron chi connectivity index (χ3n) is 3.61. The van der Waals surface area contributed by atoms with Gasteiger partial charge in [-0.15, -0.1) is 11.3 Å². The molecule has 5 heteroatoms. The summed E-state index contributed by atoms with van der Waals surface area (Å²) in [5.41, 5.74) is 6.24. The molecule has 1 rings (SSSR count). The zero-order valence-electron chi connectivity index (χ0n) is 12.5. The fourth-order valence-electron chi connectivity index (χ4n) is 1.73. The number of aryl methyl sites for hydroxylation is 2. The summed E-state index contributed by atoms with van der Waals surface area (Å²) in [6, 6.07) is 0. The average Bonchev–Trinajstić information content (AvgIpc) is 2.70. The highest BCUT2D eigenvalue weighted by Gasteiger charge is 2.30. The van der Waals surface area contributed by atoms with E-state index in [1.54, 1.807) is 0 Å². The first-order chi connectivity index (χ1) is 8.84. The van der Waals surface area contributed by atoms with Crippen LogP contribution < -0.4 is 11.1 Å². The lowest BCUT2D eigenvalue weighted by Crippen LogP contribution is -2.54. The van der Waals surface area contributed by atoms with E-state index >= 15 is 0 Å². The van der Waals surface area contributed by atoms with Gasteiger partial charge < -0.3 is 11.1 Å². The molecular weight excluding hydrogens is 258 g/mol. The van der Waals surface area contributed by atoms with Gasteiger partial charge in [-0.3, -0.25) is 4.79 Å². The summed E-state index contributed by atoms with van der Waals surface area (Å²) >= 11 is 1.49. The van der Waals surface area contributed by atoms with Crippen molar-refractivity contribution in [2.24, 2.45) is 11.7 Å². The Morgan fingerprint density at radius 2 is 2.16 bits per heavy atom. The van der Waals surface area contributed by atoms with Gasteiger partial charge in [0.05, 0.1) is 16.2 Å². The Bertz CT molecular complexity index is 442. The van der Waals surface area contributed by atoms with Crippen molar-refractivity contribution in [2.75, 3.05) is 6.54 Å². The fourth-order valence-corrected chi connectivity index (χ4v) is 2.79. The first kappa shape index (κ1) is 16.1. The third-order valence-corrected chi connectivity index (χ3v) is 4.82. The molecule has 0 aliphatic heterocycles. The number of carbonyl (C=O) groups excluding carboxylic acids is 1. The molecule has 0 fully saturated rings. The van der Waals surface area contributed by atoms with Gasteiger partial charge in [0.15, 0.2) is 0 Å². The molecule has 1 aromatic rings. The van der Waals surface area contributed by atoms with Crippen LogP contribution in [0.3, 0.4) is 0 Å². The normalized spacial score (nSPS) is 14.5. The highest BCUT2D eigenvalue weighted by Crippen LogP contribution is 2.22. The number of aromatic nitrogens is 1. The van der Waals surface area contributed by atoms with Crippen LogP contribution in [0.25, 0.3) is 0 Å². The molecule has 19 heavy (non-hydrogen) atoms. The van der Waals surface area contributed by atoms with Gasteiger partial charge in [0, 0.05) is 6.54 Å². The quantitative estimate of drug-likeness (QED) is 0.843. The smallest absolute Gasteiger partial charge is 0.263 e. The molecule has 4 nitrogen and oxygen atoms in total. The van der Waals surface area contributed by atoms with Crippen LogP contribution >= 0.6 is 11.3 Å². The molecule has 0 aliphatic carbocycles. The van der Waals surface area contributed by atoms with E-state index in [2.05, 4.69) is 31.1 Å². The summed E-state index contributed by atoms with van der Waals surface area (Å²) in [6.07, 6.45) is 1.97. The van der Waals surface area contributed by atoms with Crippen LogP contribution in [0.2, 0.25) is 0 Å². The van der Waals surface area contributed by atoms with Crippen LogP contribution in [-0.4, -0.2) is 23.0 Å². The third kappa shape index (κ3) is 3.76. The van der Waals surface area contributed by atoms with Crippen LogP contribution in [0.1, 0.15) is 54.5 Å². The maximum Gasteiger partial charge on any atom is 0.263 e. The largest absolute Gasteiger partial charge is 0.345 e. The molecule has 1 aromatic heterocycles. The van der Waals surface area contributed by atoms with Crippen LogP contribution in [0.15, 0.2) is 0 Å². The minimum absolute atomic E-state index is 0.0565. The summed E-state index contributed by atoms with van der Waals surface area (Å²) < 4.78 is 0. The Kier molecular flexibility index (Phi) is 5.50. The molecule has 1 atom stereocenters. The summed E-state index contributed by atoms with van der Waals surface area (Å²) in [4.78, 5) is 17.5. The second kappa shape index (κ2) is 6.48. The molecule has 1 unspecified atom stereocenters. The molecular formula is C14H25N3OS. The van der Waals surface area contributed by atoms with Crippen molar-refractivity contribution in [3.05, 3.63) is 15.6 Å². The molecule has 0 aromatic carbocycles. The Morgan fingerprint density at radius 1 is 1.53 bits per heavy atom. The van der Waals surface area contributed by atoms with Crippen LogP contribution in [0, 0.1) is 12.8 Å². The number of nitrogens with one attached hydrogen (secondary N) is 1. The first-order valence-electron chi connectivity index (χ1n) is 6.83. The van der Waals surface area contributed by atoms with Crippen molar-refractivity contribution in [1.82, 2.24) is 10.3 Å². The molecule has 0 aliphatic rings. The van der Waals surface area contributed by atoms with E-state index < -0.39 is 0 Å². The van der Waals surface area contributed by atoms with Crippen molar-refractivity contribution in [3.63, 3.8) is 0 Å². The molecule has 0 bridgehead atoms. The number of amides is 1. The Balaban J connectivity index is 2.89. The highest BCUT2D eigenvalue weighted by atomic mass is 32.1. The summed E-state index contributed by atoms with van der Waals surface area (Å²) in [5.74, 6) is 0.226. The second-order valence-corrected chi connectivity index (χ2v) is 6.59. The van der Waals surface area contributed by atoms with Crippen molar-refractivity contribution >= 4 is 17.2 Å². The van der Waals surface area contributed by atoms with Crippen LogP contribution in [0.4, 0.5) is 0 Å². The van der Waals surface area contributed by atoms with E-state index in [-0.39, 0.29) is 17.4 Å². The van der Waals surface area contributed by atoms with Crippen molar-refractivity contribution < 1.29 is 4.79 Å². The SMILES string of the molecule is CCCc1nc(C)c(C(=O)NC(C)(CN)C(C)C)s1. The zero-order valence-corrected chi connectivity index (χ0v) is 13.4. The van der Waals surface area contributed by atoms with E-state index in [0.717, 1.165) is 23.5 Å². The predicted molar refractivity (Wildman–Crippen MR) is 80.6 cm³/mol. The molecule has 0 saturated carbocycles. The number of hydrogen-bond acceptors (Lipinski definition) is 4. The van der Waals surface area contributed by atoms with E-state index in [1.165, 1.54) is 11.3 Å². The molecule has 0 radical (unpaired) electrons. The highest BCUT2D eigenvalue weighted by molar-refractivity contribution is 7.13. The molecule has 3 N–H and O–H groups in total. The fraction of sp³-hybridized carbons (Fsp3) is 0.714. The maximum absolute atomic E-state index is 12.4. The average molecular weight is 283 g/mol. The number of hydrogen-bond donors (Lipinski definition) is 2. The first-order valence-corrected chi connectivity index (χ1v) is 7.64. The maximum atomic E-state index is 12.4. The minimum Gasteiger partial charge on any atom is -0.345 e. The second-order valence-electron chi connectivity index (χ2n) is 5.50. The Labute approximate surface area is 119 Å². The van der Waals surface area contributed by atoms with Crippen molar-refractivity contribution in [1.29, 1.82) is 0 Å². The zero-order chi connectivity index (χ0) is 14.6. The number of rotatable bonds is 6.